The van der Waals surface area contributed by atoms with Gasteiger partial charge in [-0.3, -0.25) is 4.90 Å². The fraction of sp³-hybridized carbons (Fsp3) is 0.538. The maximum atomic E-state index is 9.37. The lowest BCUT2D eigenvalue weighted by Gasteiger charge is -2.42. The largest absolute Gasteiger partial charge is 0.395 e. The molecule has 1 fully saturated rings. The Kier molecular flexibility index (Phi) is 3.39. The highest BCUT2D eigenvalue weighted by Crippen LogP contribution is 2.19. The van der Waals surface area contributed by atoms with Crippen molar-refractivity contribution in [3.63, 3.8) is 0 Å². The van der Waals surface area contributed by atoms with E-state index in [9.17, 15) is 5.11 Å². The first-order valence-corrected chi connectivity index (χ1v) is 5.68. The summed E-state index contributed by atoms with van der Waals surface area (Å²) in [4.78, 5) is 2.37. The Hall–Kier alpha value is -0.860. The van der Waals surface area contributed by atoms with Crippen molar-refractivity contribution in [2.75, 3.05) is 19.7 Å². The molecular weight excluding hydrogens is 186 g/mol. The second kappa shape index (κ2) is 4.77. The Balaban J connectivity index is 1.91. The first-order chi connectivity index (χ1) is 7.29. The van der Waals surface area contributed by atoms with Gasteiger partial charge in [-0.05, 0) is 17.9 Å². The Morgan fingerprint density at radius 2 is 2.00 bits per heavy atom. The molecule has 2 heteroatoms. The van der Waals surface area contributed by atoms with Crippen molar-refractivity contribution >= 4 is 0 Å². The zero-order valence-corrected chi connectivity index (χ0v) is 9.26. The number of nitrogens with zero attached hydrogens (tertiary/aromatic N) is 1. The van der Waals surface area contributed by atoms with Gasteiger partial charge in [-0.1, -0.05) is 37.3 Å². The lowest BCUT2D eigenvalue weighted by atomic mass is 9.96. The van der Waals surface area contributed by atoms with Crippen LogP contribution in [0.1, 0.15) is 12.5 Å². The second-order valence-corrected chi connectivity index (χ2v) is 4.59. The van der Waals surface area contributed by atoms with Crippen molar-refractivity contribution in [2.45, 2.75) is 19.4 Å². The Morgan fingerprint density at radius 3 is 2.53 bits per heavy atom. The van der Waals surface area contributed by atoms with E-state index in [0.717, 1.165) is 25.4 Å². The molecule has 0 amide bonds. The monoisotopic (exact) mass is 205 g/mol. The lowest BCUT2D eigenvalue weighted by Crippen LogP contribution is -2.53. The number of hydrogen-bond donors (Lipinski definition) is 1. The van der Waals surface area contributed by atoms with Crippen LogP contribution in [0.5, 0.6) is 0 Å². The van der Waals surface area contributed by atoms with Crippen molar-refractivity contribution in [2.24, 2.45) is 5.92 Å². The minimum atomic E-state index is 0.265. The highest BCUT2D eigenvalue weighted by molar-refractivity contribution is 5.16. The SMILES string of the molecule is CC1CN([C@H](CO)Cc2ccccc2)C1. The van der Waals surface area contributed by atoms with Crippen molar-refractivity contribution in [3.05, 3.63) is 35.9 Å². The summed E-state index contributed by atoms with van der Waals surface area (Å²) in [5.74, 6) is 0.801. The van der Waals surface area contributed by atoms with E-state index in [1.807, 2.05) is 6.07 Å². The molecule has 1 heterocycles. The third-order valence-corrected chi connectivity index (χ3v) is 3.13. The molecule has 0 aromatic heterocycles. The third kappa shape index (κ3) is 2.58. The average Bonchev–Trinajstić information content (AvgIpc) is 2.23. The molecule has 82 valence electrons. The quantitative estimate of drug-likeness (QED) is 0.806. The van der Waals surface area contributed by atoms with Crippen molar-refractivity contribution < 1.29 is 5.11 Å². The zero-order chi connectivity index (χ0) is 10.7. The summed E-state index contributed by atoms with van der Waals surface area (Å²) in [5, 5.41) is 9.37. The standard InChI is InChI=1S/C13H19NO/c1-11-8-14(9-11)13(10-15)7-12-5-3-2-4-6-12/h2-6,11,13,15H,7-10H2,1H3/t13-/m0/s1. The predicted octanol–water partition coefficient (Wildman–Crippen LogP) is 1.54. The van der Waals surface area contributed by atoms with Gasteiger partial charge in [-0.2, -0.15) is 0 Å². The summed E-state index contributed by atoms with van der Waals surface area (Å²) < 4.78 is 0. The van der Waals surface area contributed by atoms with Gasteiger partial charge in [0, 0.05) is 19.1 Å². The van der Waals surface area contributed by atoms with Gasteiger partial charge in [-0.25, -0.2) is 0 Å². The topological polar surface area (TPSA) is 23.5 Å². The van der Waals surface area contributed by atoms with Crippen LogP contribution in [0, 0.1) is 5.92 Å². The number of hydrogen-bond acceptors (Lipinski definition) is 2. The highest BCUT2D eigenvalue weighted by atomic mass is 16.3. The Bertz CT molecular complexity index is 293. The van der Waals surface area contributed by atoms with Gasteiger partial charge >= 0.3 is 0 Å². The fourth-order valence-corrected chi connectivity index (χ4v) is 2.24. The normalized spacial score (nSPS) is 19.9. The average molecular weight is 205 g/mol. The maximum Gasteiger partial charge on any atom is 0.0590 e. The minimum absolute atomic E-state index is 0.265. The summed E-state index contributed by atoms with van der Waals surface area (Å²) in [7, 11) is 0. The van der Waals surface area contributed by atoms with E-state index in [4.69, 9.17) is 0 Å². The summed E-state index contributed by atoms with van der Waals surface area (Å²) in [6.07, 6.45) is 0.962. The van der Waals surface area contributed by atoms with Crippen LogP contribution in [-0.2, 0) is 6.42 Å². The zero-order valence-electron chi connectivity index (χ0n) is 9.26. The summed E-state index contributed by atoms with van der Waals surface area (Å²) in [5.41, 5.74) is 1.32. The number of likely N-dealkylation sites (tertiary alicyclic amines) is 1. The van der Waals surface area contributed by atoms with Gasteiger partial charge in [0.2, 0.25) is 0 Å². The van der Waals surface area contributed by atoms with Gasteiger partial charge in [-0.15, -0.1) is 0 Å². The van der Waals surface area contributed by atoms with Crippen LogP contribution < -0.4 is 0 Å². The van der Waals surface area contributed by atoms with Gasteiger partial charge in [0.05, 0.1) is 6.61 Å². The lowest BCUT2D eigenvalue weighted by molar-refractivity contribution is 0.0318. The summed E-state index contributed by atoms with van der Waals surface area (Å²) in [6.45, 7) is 4.80. The molecule has 15 heavy (non-hydrogen) atoms. The van der Waals surface area contributed by atoms with E-state index < -0.39 is 0 Å². The van der Waals surface area contributed by atoms with Crippen molar-refractivity contribution in [1.29, 1.82) is 0 Å². The molecule has 0 radical (unpaired) electrons. The smallest absolute Gasteiger partial charge is 0.0590 e. The van der Waals surface area contributed by atoms with E-state index in [2.05, 4.69) is 36.1 Å². The van der Waals surface area contributed by atoms with Gasteiger partial charge in [0.15, 0.2) is 0 Å². The van der Waals surface area contributed by atoms with E-state index in [1.165, 1.54) is 5.56 Å². The number of benzene rings is 1. The molecule has 1 saturated heterocycles. The molecule has 0 bridgehead atoms. The molecule has 2 rings (SSSR count). The number of aliphatic hydroxyl groups excluding tert-OH is 1. The van der Waals surface area contributed by atoms with Crippen molar-refractivity contribution in [1.82, 2.24) is 4.90 Å². The Labute approximate surface area is 91.5 Å². The first kappa shape index (κ1) is 10.7. The van der Waals surface area contributed by atoms with Crippen molar-refractivity contribution in [3.8, 4) is 0 Å². The molecule has 0 saturated carbocycles. The molecule has 1 N–H and O–H groups in total. The minimum Gasteiger partial charge on any atom is -0.395 e. The first-order valence-electron chi connectivity index (χ1n) is 5.68. The van der Waals surface area contributed by atoms with Crippen LogP contribution in [0.25, 0.3) is 0 Å². The van der Waals surface area contributed by atoms with Gasteiger partial charge < -0.3 is 5.11 Å². The third-order valence-electron chi connectivity index (χ3n) is 3.13. The summed E-state index contributed by atoms with van der Waals surface area (Å²) >= 11 is 0. The molecule has 1 aromatic rings. The molecule has 1 atom stereocenters. The van der Waals surface area contributed by atoms with Crippen LogP contribution in [0.15, 0.2) is 30.3 Å². The molecule has 1 aliphatic heterocycles. The molecule has 0 spiro atoms. The molecule has 0 unspecified atom stereocenters. The maximum absolute atomic E-state index is 9.37. The molecule has 1 aromatic carbocycles. The van der Waals surface area contributed by atoms with Crippen LogP contribution in [0.2, 0.25) is 0 Å². The van der Waals surface area contributed by atoms with E-state index in [-0.39, 0.29) is 6.61 Å². The molecule has 1 aliphatic rings. The van der Waals surface area contributed by atoms with Crippen LogP contribution >= 0.6 is 0 Å². The predicted molar refractivity (Wildman–Crippen MR) is 61.8 cm³/mol. The Morgan fingerprint density at radius 1 is 1.33 bits per heavy atom. The van der Waals surface area contributed by atoms with Gasteiger partial charge in [0.25, 0.3) is 0 Å². The van der Waals surface area contributed by atoms with E-state index in [1.54, 1.807) is 0 Å². The summed E-state index contributed by atoms with van der Waals surface area (Å²) in [6, 6.07) is 10.7. The molecule has 2 nitrogen and oxygen atoms in total. The van der Waals surface area contributed by atoms with E-state index >= 15 is 0 Å². The van der Waals surface area contributed by atoms with Crippen LogP contribution in [-0.4, -0.2) is 35.7 Å². The van der Waals surface area contributed by atoms with Crippen LogP contribution in [0.3, 0.4) is 0 Å². The van der Waals surface area contributed by atoms with E-state index in [0.29, 0.717) is 6.04 Å². The molecule has 0 aliphatic carbocycles. The number of rotatable bonds is 4. The molecular formula is C13H19NO. The fourth-order valence-electron chi connectivity index (χ4n) is 2.24. The van der Waals surface area contributed by atoms with Crippen LogP contribution in [0.4, 0.5) is 0 Å². The second-order valence-electron chi connectivity index (χ2n) is 4.59. The van der Waals surface area contributed by atoms with Gasteiger partial charge in [0.1, 0.15) is 0 Å². The highest BCUT2D eigenvalue weighted by Gasteiger charge is 2.28. The number of aliphatic hydroxyl groups is 1.